The van der Waals surface area contributed by atoms with Gasteiger partial charge in [-0.15, -0.1) is 10.2 Å². The number of rotatable bonds is 4. The number of piperidine rings is 1. The fourth-order valence-corrected chi connectivity index (χ4v) is 4.08. The van der Waals surface area contributed by atoms with Gasteiger partial charge < -0.3 is 4.57 Å². The predicted molar refractivity (Wildman–Crippen MR) is 104 cm³/mol. The average Bonchev–Trinajstić information content (AvgIpc) is 3.22. The van der Waals surface area contributed by atoms with Gasteiger partial charge in [-0.05, 0) is 44.3 Å². The summed E-state index contributed by atoms with van der Waals surface area (Å²) in [6.07, 6.45) is 4.43. The second-order valence-corrected chi connectivity index (χ2v) is 9.00. The van der Waals surface area contributed by atoms with Gasteiger partial charge >= 0.3 is 0 Å². The van der Waals surface area contributed by atoms with Crippen molar-refractivity contribution in [1.29, 1.82) is 0 Å². The van der Waals surface area contributed by atoms with Crippen molar-refractivity contribution in [2.45, 2.75) is 71.5 Å². The summed E-state index contributed by atoms with van der Waals surface area (Å²) in [5.74, 6) is 2.76. The maximum atomic E-state index is 12.2. The van der Waals surface area contributed by atoms with Crippen LogP contribution in [0.3, 0.4) is 0 Å². The van der Waals surface area contributed by atoms with E-state index in [9.17, 15) is 4.79 Å². The second-order valence-electron chi connectivity index (χ2n) is 9.00. The van der Waals surface area contributed by atoms with Gasteiger partial charge in [0.25, 0.3) is 5.56 Å². The second kappa shape index (κ2) is 7.19. The summed E-state index contributed by atoms with van der Waals surface area (Å²) in [5.41, 5.74) is 0.932. The van der Waals surface area contributed by atoms with Crippen LogP contribution in [0.25, 0.3) is 0 Å². The molecule has 0 saturated carbocycles. The van der Waals surface area contributed by atoms with Gasteiger partial charge in [0.15, 0.2) is 0 Å². The van der Waals surface area contributed by atoms with Crippen molar-refractivity contribution in [2.24, 2.45) is 5.92 Å². The zero-order valence-corrected chi connectivity index (χ0v) is 16.7. The lowest BCUT2D eigenvalue weighted by molar-refractivity contribution is 0.158. The molecule has 4 heterocycles. The molecule has 0 amide bonds. The van der Waals surface area contributed by atoms with Crippen LogP contribution in [0.1, 0.15) is 57.4 Å². The highest BCUT2D eigenvalue weighted by atomic mass is 16.1. The minimum absolute atomic E-state index is 0.00412. The maximum absolute atomic E-state index is 12.2. The van der Waals surface area contributed by atoms with Gasteiger partial charge in [0, 0.05) is 31.0 Å². The van der Waals surface area contributed by atoms with Gasteiger partial charge in [-0.25, -0.2) is 4.68 Å². The SMILES string of the molecule is CC(C)(C)c1ccc(=O)n(CC2CCN(Cc3nnc4n3CCC4)CC2)n1. The van der Waals surface area contributed by atoms with Crippen LogP contribution < -0.4 is 5.56 Å². The quantitative estimate of drug-likeness (QED) is 0.823. The molecule has 0 bridgehead atoms. The van der Waals surface area contributed by atoms with E-state index in [4.69, 9.17) is 0 Å². The van der Waals surface area contributed by atoms with Crippen molar-refractivity contribution >= 4 is 0 Å². The Bertz CT molecular complexity index is 854. The molecule has 27 heavy (non-hydrogen) atoms. The molecule has 7 nitrogen and oxygen atoms in total. The molecule has 2 aromatic heterocycles. The monoisotopic (exact) mass is 370 g/mol. The summed E-state index contributed by atoms with van der Waals surface area (Å²) >= 11 is 0. The minimum Gasteiger partial charge on any atom is -0.314 e. The molecule has 0 radical (unpaired) electrons. The lowest BCUT2D eigenvalue weighted by atomic mass is 9.92. The Morgan fingerprint density at radius 1 is 1.11 bits per heavy atom. The third-order valence-corrected chi connectivity index (χ3v) is 5.82. The predicted octanol–water partition coefficient (Wildman–Crippen LogP) is 1.99. The third kappa shape index (κ3) is 3.98. The van der Waals surface area contributed by atoms with Crippen molar-refractivity contribution < 1.29 is 0 Å². The number of fused-ring (bicyclic) bond motifs is 1. The van der Waals surface area contributed by atoms with Crippen LogP contribution in [0.5, 0.6) is 0 Å². The lowest BCUT2D eigenvalue weighted by Gasteiger charge is -2.31. The molecular weight excluding hydrogens is 340 g/mol. The highest BCUT2D eigenvalue weighted by Gasteiger charge is 2.24. The fraction of sp³-hybridized carbons (Fsp3) is 0.700. The fourth-order valence-electron chi connectivity index (χ4n) is 4.08. The topological polar surface area (TPSA) is 68.8 Å². The van der Waals surface area contributed by atoms with Crippen LogP contribution in [0.15, 0.2) is 16.9 Å². The molecular formula is C20H30N6O. The molecule has 1 saturated heterocycles. The molecule has 0 aliphatic carbocycles. The molecule has 1 fully saturated rings. The zero-order valence-electron chi connectivity index (χ0n) is 16.7. The molecule has 2 aliphatic rings. The van der Waals surface area contributed by atoms with Gasteiger partial charge in [-0.2, -0.15) is 5.10 Å². The van der Waals surface area contributed by atoms with Gasteiger partial charge in [0.2, 0.25) is 0 Å². The van der Waals surface area contributed by atoms with Crippen molar-refractivity contribution in [2.75, 3.05) is 13.1 Å². The molecule has 0 unspecified atom stereocenters. The van der Waals surface area contributed by atoms with E-state index in [0.29, 0.717) is 5.92 Å². The van der Waals surface area contributed by atoms with E-state index < -0.39 is 0 Å². The van der Waals surface area contributed by atoms with E-state index in [1.165, 1.54) is 6.42 Å². The highest BCUT2D eigenvalue weighted by Crippen LogP contribution is 2.22. The Kier molecular flexibility index (Phi) is 4.88. The van der Waals surface area contributed by atoms with E-state index in [2.05, 4.69) is 45.5 Å². The number of hydrogen-bond donors (Lipinski definition) is 0. The van der Waals surface area contributed by atoms with Crippen LogP contribution in [0.2, 0.25) is 0 Å². The largest absolute Gasteiger partial charge is 0.314 e. The molecule has 4 rings (SSSR count). The van der Waals surface area contributed by atoms with Crippen molar-refractivity contribution in [3.05, 3.63) is 39.8 Å². The van der Waals surface area contributed by atoms with E-state index in [0.717, 1.165) is 69.3 Å². The van der Waals surface area contributed by atoms with Crippen LogP contribution in [0.4, 0.5) is 0 Å². The first-order valence-corrected chi connectivity index (χ1v) is 10.1. The molecule has 0 spiro atoms. The van der Waals surface area contributed by atoms with Gasteiger partial charge in [0.1, 0.15) is 11.6 Å². The first kappa shape index (κ1) is 18.3. The maximum Gasteiger partial charge on any atom is 0.266 e. The molecule has 146 valence electrons. The van der Waals surface area contributed by atoms with E-state index in [1.54, 1.807) is 10.7 Å². The molecule has 0 N–H and O–H groups in total. The van der Waals surface area contributed by atoms with E-state index in [-0.39, 0.29) is 11.0 Å². The molecule has 0 atom stereocenters. The zero-order chi connectivity index (χ0) is 19.0. The van der Waals surface area contributed by atoms with Crippen molar-refractivity contribution in [1.82, 2.24) is 29.4 Å². The van der Waals surface area contributed by atoms with Gasteiger partial charge in [-0.1, -0.05) is 20.8 Å². The summed E-state index contributed by atoms with van der Waals surface area (Å²) in [5, 5.41) is 13.3. The van der Waals surface area contributed by atoms with E-state index >= 15 is 0 Å². The van der Waals surface area contributed by atoms with Gasteiger partial charge in [-0.3, -0.25) is 9.69 Å². The highest BCUT2D eigenvalue weighted by molar-refractivity contribution is 5.10. The average molecular weight is 371 g/mol. The Hall–Kier alpha value is -2.02. The summed E-state index contributed by atoms with van der Waals surface area (Å²) in [6.45, 7) is 11.1. The Balaban J connectivity index is 1.35. The third-order valence-electron chi connectivity index (χ3n) is 5.82. The first-order chi connectivity index (χ1) is 12.9. The summed E-state index contributed by atoms with van der Waals surface area (Å²) < 4.78 is 3.96. The van der Waals surface area contributed by atoms with Gasteiger partial charge in [0.05, 0.1) is 12.2 Å². The molecule has 2 aliphatic heterocycles. The summed E-state index contributed by atoms with van der Waals surface area (Å²) in [4.78, 5) is 14.7. The van der Waals surface area contributed by atoms with E-state index in [1.807, 2.05) is 6.07 Å². The number of aryl methyl sites for hydroxylation is 1. The number of aromatic nitrogens is 5. The van der Waals surface area contributed by atoms with Crippen molar-refractivity contribution in [3.8, 4) is 0 Å². The lowest BCUT2D eigenvalue weighted by Crippen LogP contribution is -2.37. The minimum atomic E-state index is -0.0443. The number of hydrogen-bond acceptors (Lipinski definition) is 5. The smallest absolute Gasteiger partial charge is 0.266 e. The van der Waals surface area contributed by atoms with Crippen LogP contribution in [-0.2, 0) is 31.5 Å². The van der Waals surface area contributed by atoms with Crippen LogP contribution >= 0.6 is 0 Å². The molecule has 7 heteroatoms. The molecule has 0 aromatic carbocycles. The number of nitrogens with zero attached hydrogens (tertiary/aromatic N) is 6. The standard InChI is InChI=1S/C20H30N6O/c1-20(2,3)16-6-7-19(27)26(23-16)13-15-8-11-24(12-9-15)14-18-22-21-17-5-4-10-25(17)18/h6-7,15H,4-5,8-14H2,1-3H3. The normalized spacial score (nSPS) is 18.8. The Morgan fingerprint density at radius 3 is 2.63 bits per heavy atom. The summed E-state index contributed by atoms with van der Waals surface area (Å²) in [7, 11) is 0. The van der Waals surface area contributed by atoms with Crippen LogP contribution in [0, 0.1) is 5.92 Å². The summed E-state index contributed by atoms with van der Waals surface area (Å²) in [6, 6.07) is 3.52. The Morgan fingerprint density at radius 2 is 1.89 bits per heavy atom. The first-order valence-electron chi connectivity index (χ1n) is 10.1. The molecule has 2 aromatic rings. The number of likely N-dealkylation sites (tertiary alicyclic amines) is 1. The Labute approximate surface area is 160 Å². The van der Waals surface area contributed by atoms with Crippen molar-refractivity contribution in [3.63, 3.8) is 0 Å². The van der Waals surface area contributed by atoms with Crippen LogP contribution in [-0.4, -0.2) is 42.5 Å².